The minimum absolute atomic E-state index is 0.102. The van der Waals surface area contributed by atoms with Crippen LogP contribution in [0.25, 0.3) is 0 Å². The highest BCUT2D eigenvalue weighted by molar-refractivity contribution is 5.90. The van der Waals surface area contributed by atoms with E-state index in [4.69, 9.17) is 9.84 Å². The molecule has 0 aliphatic rings. The number of aryl methyl sites for hydroxylation is 1. The maximum Gasteiger partial charge on any atom is 0.339 e. The molecule has 1 N–H and O–H groups in total. The maximum absolute atomic E-state index is 11.1. The molecule has 4 heteroatoms. The summed E-state index contributed by atoms with van der Waals surface area (Å²) in [5.41, 5.74) is 2.48. The van der Waals surface area contributed by atoms with Gasteiger partial charge in [0.2, 0.25) is 0 Å². The first-order valence-corrected chi connectivity index (χ1v) is 6.44. The Hall–Kier alpha value is -2.36. The lowest BCUT2D eigenvalue weighted by Gasteiger charge is -2.13. The number of carboxylic acids is 1. The summed E-state index contributed by atoms with van der Waals surface area (Å²) in [6.45, 7) is 6.28. The van der Waals surface area contributed by atoms with E-state index in [1.54, 1.807) is 0 Å². The van der Waals surface area contributed by atoms with E-state index in [-0.39, 0.29) is 11.3 Å². The van der Waals surface area contributed by atoms with E-state index in [0.29, 0.717) is 11.7 Å². The van der Waals surface area contributed by atoms with Crippen molar-refractivity contribution in [3.63, 3.8) is 0 Å². The Balaban J connectivity index is 2.31. The number of aromatic carboxylic acids is 1. The molecule has 20 heavy (non-hydrogen) atoms. The molecule has 0 radical (unpaired) electrons. The summed E-state index contributed by atoms with van der Waals surface area (Å²) < 4.78 is 5.64. The number of carboxylic acid groups (broad SMARTS) is 1. The monoisotopic (exact) mass is 271 g/mol. The fourth-order valence-electron chi connectivity index (χ4n) is 2.12. The van der Waals surface area contributed by atoms with Gasteiger partial charge in [-0.15, -0.1) is 0 Å². The number of nitrogens with zero attached hydrogens (tertiary/aromatic N) is 1. The van der Waals surface area contributed by atoms with Gasteiger partial charge in [-0.25, -0.2) is 4.79 Å². The maximum atomic E-state index is 11.1. The van der Waals surface area contributed by atoms with Crippen LogP contribution in [0.3, 0.4) is 0 Å². The Morgan fingerprint density at radius 3 is 2.65 bits per heavy atom. The van der Waals surface area contributed by atoms with Gasteiger partial charge in [0.05, 0.1) is 6.20 Å². The van der Waals surface area contributed by atoms with Crippen molar-refractivity contribution in [1.82, 2.24) is 4.98 Å². The molecule has 0 unspecified atom stereocenters. The second-order valence-electron chi connectivity index (χ2n) is 4.95. The fourth-order valence-corrected chi connectivity index (χ4v) is 2.12. The van der Waals surface area contributed by atoms with Gasteiger partial charge in [-0.1, -0.05) is 19.9 Å². The largest absolute Gasteiger partial charge is 0.478 e. The predicted molar refractivity (Wildman–Crippen MR) is 76.5 cm³/mol. The van der Waals surface area contributed by atoms with Crippen LogP contribution in [0, 0.1) is 6.92 Å². The first-order valence-electron chi connectivity index (χ1n) is 6.44. The molecule has 0 saturated heterocycles. The van der Waals surface area contributed by atoms with Crippen LogP contribution >= 0.6 is 0 Å². The van der Waals surface area contributed by atoms with Crippen molar-refractivity contribution in [2.75, 3.05) is 0 Å². The van der Waals surface area contributed by atoms with Gasteiger partial charge in [-0.05, 0) is 42.2 Å². The van der Waals surface area contributed by atoms with Gasteiger partial charge in [-0.3, -0.25) is 4.98 Å². The molecule has 0 amide bonds. The third-order valence-corrected chi connectivity index (χ3v) is 3.11. The highest BCUT2D eigenvalue weighted by atomic mass is 16.5. The predicted octanol–water partition coefficient (Wildman–Crippen LogP) is 4.00. The minimum atomic E-state index is -1.03. The van der Waals surface area contributed by atoms with Gasteiger partial charge in [0, 0.05) is 6.20 Å². The first-order chi connectivity index (χ1) is 9.49. The molecule has 2 aromatic rings. The molecule has 104 valence electrons. The number of benzene rings is 1. The Labute approximate surface area is 118 Å². The summed E-state index contributed by atoms with van der Waals surface area (Å²) in [5.74, 6) is 0.272. The fraction of sp³-hybridized carbons (Fsp3) is 0.250. The van der Waals surface area contributed by atoms with Crippen LogP contribution in [-0.2, 0) is 0 Å². The molecule has 2 rings (SSSR count). The topological polar surface area (TPSA) is 59.4 Å². The van der Waals surface area contributed by atoms with E-state index >= 15 is 0 Å². The Kier molecular flexibility index (Phi) is 4.03. The molecule has 1 aromatic carbocycles. The van der Waals surface area contributed by atoms with Crippen LogP contribution in [-0.4, -0.2) is 16.1 Å². The van der Waals surface area contributed by atoms with Crippen LogP contribution in [0.1, 0.15) is 41.3 Å². The molecular weight excluding hydrogens is 254 g/mol. The standard InChI is InChI=1S/C16H17NO3/c1-10(2)13-5-4-12(8-11(13)3)20-15-9-17-7-6-14(15)16(18)19/h4-10H,1-3H3,(H,18,19). The zero-order valence-electron chi connectivity index (χ0n) is 11.8. The summed E-state index contributed by atoms with van der Waals surface area (Å²) >= 11 is 0. The zero-order valence-corrected chi connectivity index (χ0v) is 11.8. The van der Waals surface area contributed by atoms with Crippen LogP contribution in [0.4, 0.5) is 0 Å². The lowest BCUT2D eigenvalue weighted by atomic mass is 9.98. The molecule has 1 heterocycles. The van der Waals surface area contributed by atoms with Crippen molar-refractivity contribution in [2.45, 2.75) is 26.7 Å². The quantitative estimate of drug-likeness (QED) is 0.912. The Bertz CT molecular complexity index is 635. The van der Waals surface area contributed by atoms with E-state index in [0.717, 1.165) is 5.56 Å². The molecule has 0 aliphatic carbocycles. The lowest BCUT2D eigenvalue weighted by molar-refractivity contribution is 0.0694. The summed E-state index contributed by atoms with van der Waals surface area (Å²) in [7, 11) is 0. The van der Waals surface area contributed by atoms with Gasteiger partial charge < -0.3 is 9.84 Å². The number of pyridine rings is 1. The third-order valence-electron chi connectivity index (χ3n) is 3.11. The number of aromatic nitrogens is 1. The van der Waals surface area contributed by atoms with Crippen LogP contribution in [0.2, 0.25) is 0 Å². The molecule has 0 aliphatic heterocycles. The normalized spacial score (nSPS) is 10.6. The lowest BCUT2D eigenvalue weighted by Crippen LogP contribution is -2.01. The van der Waals surface area contributed by atoms with Crippen LogP contribution < -0.4 is 4.74 Å². The smallest absolute Gasteiger partial charge is 0.339 e. The van der Waals surface area contributed by atoms with Gasteiger partial charge in [0.15, 0.2) is 5.75 Å². The van der Waals surface area contributed by atoms with Gasteiger partial charge in [0.25, 0.3) is 0 Å². The molecule has 0 atom stereocenters. The number of hydrogen-bond donors (Lipinski definition) is 1. The second kappa shape index (κ2) is 5.74. The van der Waals surface area contributed by atoms with E-state index < -0.39 is 5.97 Å². The summed E-state index contributed by atoms with van der Waals surface area (Å²) in [5, 5.41) is 9.11. The number of ether oxygens (including phenoxy) is 1. The molecule has 0 fully saturated rings. The Morgan fingerprint density at radius 2 is 2.05 bits per heavy atom. The summed E-state index contributed by atoms with van der Waals surface area (Å²) in [6.07, 6.45) is 2.85. The number of hydrogen-bond acceptors (Lipinski definition) is 3. The number of rotatable bonds is 4. The van der Waals surface area contributed by atoms with Crippen molar-refractivity contribution in [2.24, 2.45) is 0 Å². The van der Waals surface area contributed by atoms with Crippen molar-refractivity contribution >= 4 is 5.97 Å². The van der Waals surface area contributed by atoms with Crippen molar-refractivity contribution in [3.8, 4) is 11.5 Å². The van der Waals surface area contributed by atoms with Crippen molar-refractivity contribution in [1.29, 1.82) is 0 Å². The van der Waals surface area contributed by atoms with E-state index in [9.17, 15) is 4.79 Å². The van der Waals surface area contributed by atoms with Crippen LogP contribution in [0.5, 0.6) is 11.5 Å². The van der Waals surface area contributed by atoms with Crippen molar-refractivity contribution < 1.29 is 14.6 Å². The molecule has 0 bridgehead atoms. The average Bonchev–Trinajstić information content (AvgIpc) is 2.38. The van der Waals surface area contributed by atoms with E-state index in [2.05, 4.69) is 18.8 Å². The van der Waals surface area contributed by atoms with Crippen LogP contribution in [0.15, 0.2) is 36.7 Å². The molecule has 0 saturated carbocycles. The average molecular weight is 271 g/mol. The molecule has 4 nitrogen and oxygen atoms in total. The highest BCUT2D eigenvalue weighted by Gasteiger charge is 2.12. The summed E-state index contributed by atoms with van der Waals surface area (Å²) in [4.78, 5) is 15.0. The molecule has 0 spiro atoms. The highest BCUT2D eigenvalue weighted by Crippen LogP contribution is 2.28. The number of carbonyl (C=O) groups is 1. The Morgan fingerprint density at radius 1 is 1.30 bits per heavy atom. The van der Waals surface area contributed by atoms with Crippen molar-refractivity contribution in [3.05, 3.63) is 53.3 Å². The van der Waals surface area contributed by atoms with Gasteiger partial charge in [-0.2, -0.15) is 0 Å². The van der Waals surface area contributed by atoms with E-state index in [1.165, 1.54) is 24.0 Å². The summed E-state index contributed by atoms with van der Waals surface area (Å²) in [6, 6.07) is 7.19. The molecular formula is C16H17NO3. The van der Waals surface area contributed by atoms with Gasteiger partial charge >= 0.3 is 5.97 Å². The van der Waals surface area contributed by atoms with Gasteiger partial charge in [0.1, 0.15) is 11.3 Å². The molecule has 1 aromatic heterocycles. The first kappa shape index (κ1) is 14.1. The zero-order chi connectivity index (χ0) is 14.7. The third kappa shape index (κ3) is 2.96. The SMILES string of the molecule is Cc1cc(Oc2cnccc2C(=O)O)ccc1C(C)C. The second-order valence-corrected chi connectivity index (χ2v) is 4.95. The van der Waals surface area contributed by atoms with E-state index in [1.807, 2.05) is 25.1 Å². The minimum Gasteiger partial charge on any atom is -0.478 e.